The highest BCUT2D eigenvalue weighted by Gasteiger charge is 2.26. The van der Waals surface area contributed by atoms with E-state index in [2.05, 4.69) is 43.0 Å². The van der Waals surface area contributed by atoms with Crippen LogP contribution in [-0.2, 0) is 4.74 Å². The fraction of sp³-hybridized carbons (Fsp3) is 0.647. The van der Waals surface area contributed by atoms with Crippen molar-refractivity contribution < 1.29 is 4.74 Å². The number of benzene rings is 1. The summed E-state index contributed by atoms with van der Waals surface area (Å²) in [6.07, 6.45) is 2.44. The summed E-state index contributed by atoms with van der Waals surface area (Å²) >= 11 is 0. The maximum atomic E-state index is 6.45. The van der Waals surface area contributed by atoms with Crippen LogP contribution in [0.15, 0.2) is 24.3 Å². The van der Waals surface area contributed by atoms with Crippen molar-refractivity contribution in [3.05, 3.63) is 35.4 Å². The molecule has 2 atom stereocenters. The highest BCUT2D eigenvalue weighted by Crippen LogP contribution is 2.24. The van der Waals surface area contributed by atoms with Gasteiger partial charge in [-0.15, -0.1) is 0 Å². The molecule has 0 saturated carbocycles. The zero-order chi connectivity index (χ0) is 14.5. The summed E-state index contributed by atoms with van der Waals surface area (Å²) in [7, 11) is 1.79. The maximum Gasteiger partial charge on any atom is 0.0491 e. The van der Waals surface area contributed by atoms with Gasteiger partial charge >= 0.3 is 0 Å². The summed E-state index contributed by atoms with van der Waals surface area (Å²) in [5.41, 5.74) is 8.97. The van der Waals surface area contributed by atoms with Crippen molar-refractivity contribution in [1.82, 2.24) is 4.90 Å². The molecule has 3 nitrogen and oxygen atoms in total. The van der Waals surface area contributed by atoms with Crippen molar-refractivity contribution in [2.24, 2.45) is 11.7 Å². The average molecular weight is 276 g/mol. The summed E-state index contributed by atoms with van der Waals surface area (Å²) in [4.78, 5) is 2.52. The van der Waals surface area contributed by atoms with Crippen LogP contribution in [0.2, 0.25) is 0 Å². The van der Waals surface area contributed by atoms with Gasteiger partial charge in [-0.25, -0.2) is 0 Å². The Morgan fingerprint density at radius 3 is 2.40 bits per heavy atom. The van der Waals surface area contributed by atoms with Gasteiger partial charge in [-0.05, 0) is 51.3 Å². The molecule has 112 valence electrons. The Hall–Kier alpha value is -0.900. The molecule has 0 radical (unpaired) electrons. The molecule has 0 spiro atoms. The van der Waals surface area contributed by atoms with Crippen molar-refractivity contribution in [3.8, 4) is 0 Å². The lowest BCUT2D eigenvalue weighted by Crippen LogP contribution is -2.45. The molecule has 1 aliphatic rings. The maximum absolute atomic E-state index is 6.45. The highest BCUT2D eigenvalue weighted by molar-refractivity contribution is 5.24. The zero-order valence-corrected chi connectivity index (χ0v) is 13.0. The predicted octanol–water partition coefficient (Wildman–Crippen LogP) is 2.74. The molecular formula is C17H28N2O. The third kappa shape index (κ3) is 3.81. The second kappa shape index (κ2) is 7.21. The average Bonchev–Trinajstić information content (AvgIpc) is 2.48. The smallest absolute Gasteiger partial charge is 0.0491 e. The van der Waals surface area contributed by atoms with Crippen molar-refractivity contribution in [1.29, 1.82) is 0 Å². The third-order valence-electron chi connectivity index (χ3n) is 4.61. The number of hydrogen-bond donors (Lipinski definition) is 1. The van der Waals surface area contributed by atoms with E-state index in [1.807, 2.05) is 0 Å². The first-order valence-corrected chi connectivity index (χ1v) is 7.67. The van der Waals surface area contributed by atoms with Gasteiger partial charge in [0.1, 0.15) is 0 Å². The molecule has 1 fully saturated rings. The van der Waals surface area contributed by atoms with Crippen LogP contribution < -0.4 is 5.73 Å². The molecule has 1 aliphatic heterocycles. The van der Waals surface area contributed by atoms with E-state index in [1.54, 1.807) is 7.11 Å². The lowest BCUT2D eigenvalue weighted by atomic mass is 9.93. The molecule has 0 aliphatic carbocycles. The molecule has 1 heterocycles. The molecule has 0 bridgehead atoms. The first kappa shape index (κ1) is 15.5. The topological polar surface area (TPSA) is 38.5 Å². The quantitative estimate of drug-likeness (QED) is 0.898. The summed E-state index contributed by atoms with van der Waals surface area (Å²) in [5.74, 6) is 0.721. The Morgan fingerprint density at radius 2 is 1.85 bits per heavy atom. The number of aryl methyl sites for hydroxylation is 1. The van der Waals surface area contributed by atoms with Gasteiger partial charge in [0.15, 0.2) is 0 Å². The Balaban J connectivity index is 1.91. The second-order valence-electron chi connectivity index (χ2n) is 6.11. The Labute approximate surface area is 123 Å². The predicted molar refractivity (Wildman–Crippen MR) is 83.7 cm³/mol. The van der Waals surface area contributed by atoms with Crippen LogP contribution in [0.4, 0.5) is 0 Å². The minimum atomic E-state index is 0.0922. The third-order valence-corrected chi connectivity index (χ3v) is 4.61. The van der Waals surface area contributed by atoms with E-state index in [9.17, 15) is 0 Å². The highest BCUT2D eigenvalue weighted by atomic mass is 16.5. The number of likely N-dealkylation sites (tertiary alicyclic amines) is 1. The Morgan fingerprint density at radius 1 is 1.25 bits per heavy atom. The molecule has 1 aromatic carbocycles. The van der Waals surface area contributed by atoms with Gasteiger partial charge in [-0.3, -0.25) is 4.90 Å². The van der Waals surface area contributed by atoms with Crippen LogP contribution in [0.25, 0.3) is 0 Å². The van der Waals surface area contributed by atoms with Gasteiger partial charge in [-0.2, -0.15) is 0 Å². The minimum Gasteiger partial charge on any atom is -0.384 e. The zero-order valence-electron chi connectivity index (χ0n) is 13.0. The van der Waals surface area contributed by atoms with Gasteiger partial charge in [0, 0.05) is 25.8 Å². The number of nitrogens with zero attached hydrogens (tertiary/aromatic N) is 1. The molecular weight excluding hydrogens is 248 g/mol. The lowest BCUT2D eigenvalue weighted by molar-refractivity contribution is 0.0770. The number of nitrogens with two attached hydrogens (primary N) is 1. The molecule has 2 N–H and O–H groups in total. The summed E-state index contributed by atoms with van der Waals surface area (Å²) in [6.45, 7) is 7.52. The van der Waals surface area contributed by atoms with Crippen molar-refractivity contribution >= 4 is 0 Å². The first-order chi connectivity index (χ1) is 9.61. The van der Waals surface area contributed by atoms with Crippen LogP contribution in [0.5, 0.6) is 0 Å². The molecule has 3 heteroatoms. The van der Waals surface area contributed by atoms with E-state index in [4.69, 9.17) is 10.5 Å². The summed E-state index contributed by atoms with van der Waals surface area (Å²) < 4.78 is 5.26. The van der Waals surface area contributed by atoms with Crippen molar-refractivity contribution in [2.45, 2.75) is 38.8 Å². The largest absolute Gasteiger partial charge is 0.384 e. The number of methoxy groups -OCH3 is 1. The summed E-state index contributed by atoms with van der Waals surface area (Å²) in [6, 6.07) is 9.10. The Bertz CT molecular complexity index is 396. The van der Waals surface area contributed by atoms with Gasteiger partial charge in [0.2, 0.25) is 0 Å². The molecule has 0 aromatic heterocycles. The van der Waals surface area contributed by atoms with Gasteiger partial charge < -0.3 is 10.5 Å². The fourth-order valence-corrected chi connectivity index (χ4v) is 3.06. The van der Waals surface area contributed by atoms with E-state index in [0.29, 0.717) is 6.04 Å². The van der Waals surface area contributed by atoms with Crippen molar-refractivity contribution in [2.75, 3.05) is 26.8 Å². The second-order valence-corrected chi connectivity index (χ2v) is 6.11. The minimum absolute atomic E-state index is 0.0922. The van der Waals surface area contributed by atoms with E-state index in [0.717, 1.165) is 25.6 Å². The van der Waals surface area contributed by atoms with E-state index < -0.39 is 0 Å². The van der Waals surface area contributed by atoms with Gasteiger partial charge in [-0.1, -0.05) is 29.8 Å². The first-order valence-electron chi connectivity index (χ1n) is 7.67. The van der Waals surface area contributed by atoms with E-state index >= 15 is 0 Å². The van der Waals surface area contributed by atoms with Crippen LogP contribution in [-0.4, -0.2) is 37.7 Å². The Kier molecular flexibility index (Phi) is 5.58. The standard InChI is InChI=1S/C17H28N2O/c1-13-4-6-16(7-5-13)17(18)14(2)19-10-8-15(9-11-19)12-20-3/h4-7,14-15,17H,8-12,18H2,1-3H3. The van der Waals surface area contributed by atoms with Crippen LogP contribution >= 0.6 is 0 Å². The van der Waals surface area contributed by atoms with Gasteiger partial charge in [0.05, 0.1) is 0 Å². The lowest BCUT2D eigenvalue weighted by Gasteiger charge is -2.38. The molecule has 0 amide bonds. The summed E-state index contributed by atoms with van der Waals surface area (Å²) in [5, 5.41) is 0. The SMILES string of the molecule is COCC1CCN(C(C)C(N)c2ccc(C)cc2)CC1. The molecule has 2 rings (SSSR count). The van der Waals surface area contributed by atoms with Crippen molar-refractivity contribution in [3.63, 3.8) is 0 Å². The molecule has 2 unspecified atom stereocenters. The monoisotopic (exact) mass is 276 g/mol. The van der Waals surface area contributed by atoms with Crippen LogP contribution in [0.3, 0.4) is 0 Å². The van der Waals surface area contributed by atoms with E-state index in [-0.39, 0.29) is 6.04 Å². The fourth-order valence-electron chi connectivity index (χ4n) is 3.06. The molecule has 1 saturated heterocycles. The number of hydrogen-bond acceptors (Lipinski definition) is 3. The van der Waals surface area contributed by atoms with E-state index in [1.165, 1.54) is 24.0 Å². The normalized spacial score (nSPS) is 20.8. The molecule has 1 aromatic rings. The molecule has 20 heavy (non-hydrogen) atoms. The number of rotatable bonds is 5. The number of ether oxygens (including phenoxy) is 1. The van der Waals surface area contributed by atoms with Gasteiger partial charge in [0.25, 0.3) is 0 Å². The van der Waals surface area contributed by atoms with Crippen LogP contribution in [0.1, 0.15) is 36.9 Å². The van der Waals surface area contributed by atoms with Crippen LogP contribution in [0, 0.1) is 12.8 Å². The number of piperidine rings is 1.